The molecule has 1 fully saturated rings. The number of thioether (sulfide) groups is 1. The van der Waals surface area contributed by atoms with Crippen LogP contribution in [-0.2, 0) is 14.4 Å². The Labute approximate surface area is 233 Å². The van der Waals surface area contributed by atoms with Crippen LogP contribution >= 0.6 is 11.8 Å². The van der Waals surface area contributed by atoms with Crippen molar-refractivity contribution < 1.29 is 14.4 Å². The molecule has 0 unspecified atom stereocenters. The van der Waals surface area contributed by atoms with Crippen LogP contribution in [0.2, 0.25) is 0 Å². The Morgan fingerprint density at radius 3 is 2.54 bits per heavy atom. The number of rotatable bonds is 9. The van der Waals surface area contributed by atoms with E-state index in [1.807, 2.05) is 47.4 Å². The molecule has 1 saturated heterocycles. The molecule has 0 aromatic heterocycles. The first-order chi connectivity index (χ1) is 19.0. The average molecular weight is 547 g/mol. The van der Waals surface area contributed by atoms with E-state index in [0.717, 1.165) is 37.2 Å². The number of hydrogen-bond acceptors (Lipinski definition) is 7. The number of nitrogens with one attached hydrogen (secondary N) is 1. The van der Waals surface area contributed by atoms with Gasteiger partial charge < -0.3 is 15.1 Å². The Morgan fingerprint density at radius 2 is 1.77 bits per heavy atom. The summed E-state index contributed by atoms with van der Waals surface area (Å²) >= 11 is 1.27. The summed E-state index contributed by atoms with van der Waals surface area (Å²) < 4.78 is 0. The van der Waals surface area contributed by atoms with Gasteiger partial charge in [0, 0.05) is 50.4 Å². The first-order valence-corrected chi connectivity index (χ1v) is 14.6. The van der Waals surface area contributed by atoms with Crippen LogP contribution in [0.3, 0.4) is 0 Å². The summed E-state index contributed by atoms with van der Waals surface area (Å²) in [4.78, 5) is 53.9. The molecule has 0 spiro atoms. The molecule has 1 atom stereocenters. The van der Waals surface area contributed by atoms with Gasteiger partial charge in [-0.1, -0.05) is 55.4 Å². The molecule has 9 nitrogen and oxygen atoms in total. The maximum absolute atomic E-state index is 13.4. The van der Waals surface area contributed by atoms with Crippen molar-refractivity contribution in [3.8, 4) is 0 Å². The molecule has 10 heteroatoms. The van der Waals surface area contributed by atoms with Gasteiger partial charge in [-0.3, -0.25) is 19.4 Å². The number of carbonyl (C=O) groups excluding carboxylic acids is 3. The van der Waals surface area contributed by atoms with Crippen molar-refractivity contribution in [2.24, 2.45) is 9.98 Å². The second kappa shape index (κ2) is 12.5. The lowest BCUT2D eigenvalue weighted by atomic mass is 10.1. The normalized spacial score (nSPS) is 18.3. The van der Waals surface area contributed by atoms with E-state index in [9.17, 15) is 14.4 Å². The summed E-state index contributed by atoms with van der Waals surface area (Å²) in [6.07, 6.45) is 2.51. The zero-order valence-corrected chi connectivity index (χ0v) is 23.0. The molecular weight excluding hydrogens is 512 g/mol. The van der Waals surface area contributed by atoms with Gasteiger partial charge in [-0.05, 0) is 37.1 Å². The predicted molar refractivity (Wildman–Crippen MR) is 156 cm³/mol. The van der Waals surface area contributed by atoms with E-state index in [1.54, 1.807) is 0 Å². The van der Waals surface area contributed by atoms with Gasteiger partial charge in [-0.15, -0.1) is 0 Å². The van der Waals surface area contributed by atoms with Gasteiger partial charge in [0.25, 0.3) is 5.91 Å². The van der Waals surface area contributed by atoms with Crippen LogP contribution in [0.15, 0.2) is 64.6 Å². The number of para-hydroxylation sites is 2. The smallest absolute Gasteiger partial charge is 0.259 e. The molecule has 3 amide bonds. The number of amides is 3. The van der Waals surface area contributed by atoms with Crippen molar-refractivity contribution >= 4 is 51.9 Å². The van der Waals surface area contributed by atoms with Crippen molar-refractivity contribution in [2.75, 3.05) is 43.4 Å². The Bertz CT molecular complexity index is 1270. The zero-order valence-electron chi connectivity index (χ0n) is 22.2. The molecule has 39 heavy (non-hydrogen) atoms. The minimum atomic E-state index is -0.643. The summed E-state index contributed by atoms with van der Waals surface area (Å²) in [5.74, 6) is 0.501. The third-order valence-electron chi connectivity index (χ3n) is 7.12. The molecule has 3 aliphatic heterocycles. The van der Waals surface area contributed by atoms with Gasteiger partial charge >= 0.3 is 0 Å². The van der Waals surface area contributed by atoms with E-state index < -0.39 is 6.04 Å². The highest BCUT2D eigenvalue weighted by Gasteiger charge is 2.41. The SMILES string of the molecule is CCCCNC(=O)CC[C@H]1N=C2c3ccccc3N=C(SCC(=O)N3CCN(c4ccccc4)CC3)N2C1=O. The van der Waals surface area contributed by atoms with Gasteiger partial charge in [-0.25, -0.2) is 9.89 Å². The molecule has 3 aliphatic rings. The van der Waals surface area contributed by atoms with Crippen LogP contribution in [0.1, 0.15) is 38.2 Å². The van der Waals surface area contributed by atoms with Crippen molar-refractivity contribution in [1.82, 2.24) is 15.1 Å². The summed E-state index contributed by atoms with van der Waals surface area (Å²) in [6.45, 7) is 5.59. The molecule has 1 N–H and O–H groups in total. The van der Waals surface area contributed by atoms with E-state index in [2.05, 4.69) is 29.3 Å². The molecule has 3 heterocycles. The largest absolute Gasteiger partial charge is 0.368 e. The number of nitrogens with zero attached hydrogens (tertiary/aromatic N) is 5. The summed E-state index contributed by atoms with van der Waals surface area (Å²) in [5, 5.41) is 3.36. The summed E-state index contributed by atoms with van der Waals surface area (Å²) in [5.41, 5.74) is 2.68. The minimum Gasteiger partial charge on any atom is -0.368 e. The second-order valence-corrected chi connectivity index (χ2v) is 10.7. The first kappa shape index (κ1) is 26.9. The Hall–Kier alpha value is -3.66. The van der Waals surface area contributed by atoms with Crippen molar-refractivity contribution in [3.63, 3.8) is 0 Å². The molecule has 0 bridgehead atoms. The lowest BCUT2D eigenvalue weighted by Gasteiger charge is -2.36. The van der Waals surface area contributed by atoms with Crippen LogP contribution in [0.5, 0.6) is 0 Å². The molecular formula is C29H34N6O3S. The van der Waals surface area contributed by atoms with Crippen molar-refractivity contribution in [2.45, 2.75) is 38.6 Å². The monoisotopic (exact) mass is 546 g/mol. The van der Waals surface area contributed by atoms with Gasteiger partial charge in [0.05, 0.1) is 11.4 Å². The molecule has 5 rings (SSSR count). The summed E-state index contributed by atoms with van der Waals surface area (Å²) in [6, 6.07) is 17.2. The lowest BCUT2D eigenvalue weighted by Crippen LogP contribution is -2.49. The number of hydrogen-bond donors (Lipinski definition) is 1. The van der Waals surface area contributed by atoms with Crippen LogP contribution in [0, 0.1) is 0 Å². The zero-order chi connectivity index (χ0) is 27.2. The molecule has 204 valence electrons. The topological polar surface area (TPSA) is 97.7 Å². The van der Waals surface area contributed by atoms with Gasteiger partial charge in [0.1, 0.15) is 11.9 Å². The minimum absolute atomic E-state index is 0.0275. The van der Waals surface area contributed by atoms with E-state index in [4.69, 9.17) is 9.98 Å². The maximum atomic E-state index is 13.4. The van der Waals surface area contributed by atoms with Crippen LogP contribution in [0.4, 0.5) is 11.4 Å². The number of carbonyl (C=O) groups is 3. The highest BCUT2D eigenvalue weighted by molar-refractivity contribution is 8.14. The molecule has 0 aliphatic carbocycles. The second-order valence-electron chi connectivity index (χ2n) is 9.79. The number of piperazine rings is 1. The van der Waals surface area contributed by atoms with E-state index in [-0.39, 0.29) is 29.9 Å². The Morgan fingerprint density at radius 1 is 1.03 bits per heavy atom. The average Bonchev–Trinajstić information content (AvgIpc) is 3.31. The van der Waals surface area contributed by atoms with Crippen molar-refractivity contribution in [3.05, 3.63) is 60.2 Å². The number of aliphatic imine (C=N–C) groups is 2. The highest BCUT2D eigenvalue weighted by Crippen LogP contribution is 2.34. The third kappa shape index (κ3) is 6.16. The lowest BCUT2D eigenvalue weighted by molar-refractivity contribution is -0.129. The standard InChI is InChI=1S/C29H34N6O3S/c1-2-3-15-30-25(36)14-13-24-28(38)35-27(31-24)22-11-7-8-12-23(22)32-29(35)39-20-26(37)34-18-16-33(17-19-34)21-9-5-4-6-10-21/h4-12,24H,2-3,13-20H2,1H3,(H,30,36)/t24-/m1/s1. The van der Waals surface area contributed by atoms with Gasteiger partial charge in [0.2, 0.25) is 11.8 Å². The Kier molecular flexibility index (Phi) is 8.61. The fourth-order valence-electron chi connectivity index (χ4n) is 4.92. The van der Waals surface area contributed by atoms with Gasteiger partial charge in [-0.2, -0.15) is 0 Å². The molecule has 2 aromatic carbocycles. The highest BCUT2D eigenvalue weighted by atomic mass is 32.2. The molecule has 2 aromatic rings. The van der Waals surface area contributed by atoms with Crippen LogP contribution in [-0.4, -0.2) is 83.0 Å². The fraction of sp³-hybridized carbons (Fsp3) is 0.414. The quantitative estimate of drug-likeness (QED) is 0.486. The third-order valence-corrected chi connectivity index (χ3v) is 8.05. The van der Waals surface area contributed by atoms with Crippen molar-refractivity contribution in [1.29, 1.82) is 0 Å². The number of amidine groups is 2. The molecule has 0 radical (unpaired) electrons. The fourth-order valence-corrected chi connectivity index (χ4v) is 5.82. The number of unbranched alkanes of at least 4 members (excludes halogenated alkanes) is 1. The number of benzene rings is 2. The van der Waals surface area contributed by atoms with Crippen LogP contribution in [0.25, 0.3) is 0 Å². The Balaban J connectivity index is 1.21. The summed E-state index contributed by atoms with van der Waals surface area (Å²) in [7, 11) is 0. The first-order valence-electron chi connectivity index (χ1n) is 13.6. The molecule has 0 saturated carbocycles. The number of anilines is 1. The van der Waals surface area contributed by atoms with E-state index >= 15 is 0 Å². The van der Waals surface area contributed by atoms with E-state index in [1.165, 1.54) is 22.3 Å². The van der Waals surface area contributed by atoms with E-state index in [0.29, 0.717) is 37.1 Å². The predicted octanol–water partition coefficient (Wildman–Crippen LogP) is 3.42. The van der Waals surface area contributed by atoms with Crippen LogP contribution < -0.4 is 10.2 Å². The van der Waals surface area contributed by atoms with Gasteiger partial charge in [0.15, 0.2) is 5.17 Å². The maximum Gasteiger partial charge on any atom is 0.259 e. The number of fused-ring (bicyclic) bond motifs is 3.